The Hall–Kier alpha value is -3.95. The lowest BCUT2D eigenvalue weighted by Crippen LogP contribution is -2.33. The summed E-state index contributed by atoms with van der Waals surface area (Å²) in [5.74, 6) is -0.540. The van der Waals surface area contributed by atoms with Gasteiger partial charge in [-0.1, -0.05) is 23.2 Å². The number of carbonyl (C=O) groups is 2. The number of hydrogen-bond donors (Lipinski definition) is 1. The van der Waals surface area contributed by atoms with Gasteiger partial charge in [0.2, 0.25) is 0 Å². The summed E-state index contributed by atoms with van der Waals surface area (Å²) >= 11 is 11.8. The summed E-state index contributed by atoms with van der Waals surface area (Å²) < 4.78 is 10.7. The number of hydrazone groups is 1. The first-order valence-electron chi connectivity index (χ1n) is 9.74. The van der Waals surface area contributed by atoms with Gasteiger partial charge in [-0.2, -0.15) is 5.10 Å². The number of non-ortho nitro benzene ring substituents is 1. The molecule has 0 aromatic heterocycles. The van der Waals surface area contributed by atoms with Crippen LogP contribution < -0.4 is 14.9 Å². The lowest BCUT2D eigenvalue weighted by atomic mass is 10.2. The molecule has 0 aliphatic rings. The van der Waals surface area contributed by atoms with Gasteiger partial charge in [0.15, 0.2) is 6.10 Å². The zero-order valence-corrected chi connectivity index (χ0v) is 19.1. The number of hydrogen-bond acceptors (Lipinski definition) is 7. The number of halogens is 2. The van der Waals surface area contributed by atoms with Crippen molar-refractivity contribution in [2.24, 2.45) is 5.10 Å². The summed E-state index contributed by atoms with van der Waals surface area (Å²) in [5, 5.41) is 15.1. The molecule has 11 heteroatoms. The highest BCUT2D eigenvalue weighted by Gasteiger charge is 2.15. The highest BCUT2D eigenvalue weighted by molar-refractivity contribution is 6.36. The van der Waals surface area contributed by atoms with Gasteiger partial charge in [-0.25, -0.2) is 10.2 Å². The molecule has 9 nitrogen and oxygen atoms in total. The first kappa shape index (κ1) is 24.7. The van der Waals surface area contributed by atoms with E-state index in [0.717, 1.165) is 0 Å². The average Bonchev–Trinajstić information content (AvgIpc) is 2.80. The van der Waals surface area contributed by atoms with Crippen molar-refractivity contribution in [3.63, 3.8) is 0 Å². The van der Waals surface area contributed by atoms with E-state index in [4.69, 9.17) is 32.7 Å². The molecule has 1 unspecified atom stereocenters. The smallest absolute Gasteiger partial charge is 0.345 e. The maximum Gasteiger partial charge on any atom is 0.345 e. The molecule has 174 valence electrons. The van der Waals surface area contributed by atoms with Gasteiger partial charge >= 0.3 is 5.97 Å². The molecule has 1 N–H and O–H groups in total. The Bertz CT molecular complexity index is 1230. The first-order valence-corrected chi connectivity index (χ1v) is 10.5. The van der Waals surface area contributed by atoms with E-state index in [2.05, 4.69) is 10.5 Å². The molecular formula is C23H17Cl2N3O6. The summed E-state index contributed by atoms with van der Waals surface area (Å²) in [6, 6.07) is 16.2. The van der Waals surface area contributed by atoms with Crippen molar-refractivity contribution >= 4 is 47.0 Å². The van der Waals surface area contributed by atoms with E-state index in [1.54, 1.807) is 24.3 Å². The van der Waals surface area contributed by atoms with Crippen LogP contribution in [0.3, 0.4) is 0 Å². The number of esters is 1. The SMILES string of the molecule is CC(Oc1ccc([N+](=O)[O-])cc1)C(=O)N/N=C/c1ccc(OC(=O)c2ccc(Cl)cc2Cl)cc1. The topological polar surface area (TPSA) is 120 Å². The number of nitro benzene ring substituents is 1. The van der Waals surface area contributed by atoms with Crippen LogP contribution in [0.25, 0.3) is 0 Å². The molecule has 0 saturated heterocycles. The maximum atomic E-state index is 12.3. The molecule has 1 atom stereocenters. The van der Waals surface area contributed by atoms with Crippen LogP contribution in [0.2, 0.25) is 10.0 Å². The predicted octanol–water partition coefficient (Wildman–Crippen LogP) is 5.04. The lowest BCUT2D eigenvalue weighted by molar-refractivity contribution is -0.384. The van der Waals surface area contributed by atoms with E-state index < -0.39 is 22.9 Å². The number of amides is 1. The Morgan fingerprint density at radius 3 is 2.29 bits per heavy atom. The van der Waals surface area contributed by atoms with Crippen LogP contribution in [-0.2, 0) is 4.79 Å². The summed E-state index contributed by atoms with van der Waals surface area (Å²) in [5.41, 5.74) is 3.08. The number of ether oxygens (including phenoxy) is 2. The van der Waals surface area contributed by atoms with Crippen LogP contribution in [0.4, 0.5) is 5.69 Å². The highest BCUT2D eigenvalue weighted by Crippen LogP contribution is 2.23. The number of nitro groups is 1. The standard InChI is InChI=1S/C23H17Cl2N3O6/c1-14(33-18-9-5-17(6-10-18)28(31)32)22(29)27-26-13-15-2-7-19(8-3-15)34-23(30)20-11-4-16(24)12-21(20)25/h2-14H,1H3,(H,27,29)/b26-13+. The second-order valence-corrected chi connectivity index (χ2v) is 7.67. The summed E-state index contributed by atoms with van der Waals surface area (Å²) in [4.78, 5) is 34.5. The third-order valence-corrected chi connectivity index (χ3v) is 4.91. The molecule has 3 aromatic rings. The average molecular weight is 502 g/mol. The molecule has 1 amide bonds. The van der Waals surface area contributed by atoms with E-state index in [0.29, 0.717) is 22.1 Å². The molecule has 34 heavy (non-hydrogen) atoms. The molecule has 0 spiro atoms. The van der Waals surface area contributed by atoms with Gasteiger partial charge < -0.3 is 9.47 Å². The molecule has 0 heterocycles. The van der Waals surface area contributed by atoms with Crippen molar-refractivity contribution in [2.75, 3.05) is 0 Å². The Morgan fingerprint density at radius 1 is 1.03 bits per heavy atom. The van der Waals surface area contributed by atoms with Gasteiger partial charge in [0.25, 0.3) is 11.6 Å². The lowest BCUT2D eigenvalue weighted by Gasteiger charge is -2.12. The molecular weight excluding hydrogens is 485 g/mol. The summed E-state index contributed by atoms with van der Waals surface area (Å²) in [6.45, 7) is 1.52. The molecule has 3 aromatic carbocycles. The summed E-state index contributed by atoms with van der Waals surface area (Å²) in [7, 11) is 0. The Kier molecular flexibility index (Phi) is 8.18. The van der Waals surface area contributed by atoms with Crippen LogP contribution >= 0.6 is 23.2 Å². The fourth-order valence-electron chi connectivity index (χ4n) is 2.60. The number of benzene rings is 3. The van der Waals surface area contributed by atoms with Crippen LogP contribution in [0.5, 0.6) is 11.5 Å². The van der Waals surface area contributed by atoms with Crippen molar-refractivity contribution in [2.45, 2.75) is 13.0 Å². The molecule has 0 aliphatic carbocycles. The minimum absolute atomic E-state index is 0.0800. The summed E-state index contributed by atoms with van der Waals surface area (Å²) in [6.07, 6.45) is 0.512. The van der Waals surface area contributed by atoms with E-state index in [1.807, 2.05) is 0 Å². The first-order chi connectivity index (χ1) is 16.2. The van der Waals surface area contributed by atoms with Gasteiger partial charge in [0, 0.05) is 17.2 Å². The Morgan fingerprint density at radius 2 is 1.68 bits per heavy atom. The zero-order valence-electron chi connectivity index (χ0n) is 17.6. The van der Waals surface area contributed by atoms with Crippen molar-refractivity contribution in [1.29, 1.82) is 0 Å². The molecule has 0 bridgehead atoms. The second kappa shape index (κ2) is 11.3. The van der Waals surface area contributed by atoms with Crippen LogP contribution in [0.1, 0.15) is 22.8 Å². The van der Waals surface area contributed by atoms with E-state index in [1.165, 1.54) is 55.6 Å². The zero-order chi connectivity index (χ0) is 24.7. The minimum atomic E-state index is -0.889. The third-order valence-electron chi connectivity index (χ3n) is 4.36. The van der Waals surface area contributed by atoms with Crippen LogP contribution in [-0.4, -0.2) is 29.1 Å². The fourth-order valence-corrected chi connectivity index (χ4v) is 3.09. The van der Waals surface area contributed by atoms with Gasteiger partial charge in [0.05, 0.1) is 21.7 Å². The highest BCUT2D eigenvalue weighted by atomic mass is 35.5. The molecule has 0 radical (unpaired) electrons. The van der Waals surface area contributed by atoms with Gasteiger partial charge in [-0.15, -0.1) is 0 Å². The van der Waals surface area contributed by atoms with E-state index in [9.17, 15) is 19.7 Å². The Balaban J connectivity index is 1.51. The molecule has 3 rings (SSSR count). The number of rotatable bonds is 8. The van der Waals surface area contributed by atoms with Crippen molar-refractivity contribution in [1.82, 2.24) is 5.43 Å². The molecule has 0 saturated carbocycles. The van der Waals surface area contributed by atoms with Crippen LogP contribution in [0.15, 0.2) is 71.8 Å². The fraction of sp³-hybridized carbons (Fsp3) is 0.0870. The maximum absolute atomic E-state index is 12.3. The second-order valence-electron chi connectivity index (χ2n) is 6.83. The van der Waals surface area contributed by atoms with E-state index in [-0.39, 0.29) is 16.3 Å². The third kappa shape index (κ3) is 6.77. The minimum Gasteiger partial charge on any atom is -0.481 e. The van der Waals surface area contributed by atoms with Crippen LogP contribution in [0, 0.1) is 10.1 Å². The molecule has 0 aliphatic heterocycles. The monoisotopic (exact) mass is 501 g/mol. The van der Waals surface area contributed by atoms with Gasteiger partial charge in [-0.05, 0) is 67.1 Å². The number of nitrogens with one attached hydrogen (secondary N) is 1. The normalized spacial score (nSPS) is 11.6. The number of nitrogens with zero attached hydrogens (tertiary/aromatic N) is 2. The van der Waals surface area contributed by atoms with Gasteiger partial charge in [0.1, 0.15) is 11.5 Å². The quantitative estimate of drug-likeness (QED) is 0.152. The van der Waals surface area contributed by atoms with Gasteiger partial charge in [-0.3, -0.25) is 14.9 Å². The predicted molar refractivity (Wildman–Crippen MR) is 127 cm³/mol. The van der Waals surface area contributed by atoms with E-state index >= 15 is 0 Å². The largest absolute Gasteiger partial charge is 0.481 e. The Labute approximate surface area is 204 Å². The van der Waals surface area contributed by atoms with Crippen molar-refractivity contribution < 1.29 is 24.0 Å². The van der Waals surface area contributed by atoms with Crippen molar-refractivity contribution in [3.8, 4) is 11.5 Å². The number of carbonyl (C=O) groups excluding carboxylic acids is 2. The molecule has 0 fully saturated rings. The van der Waals surface area contributed by atoms with Crippen molar-refractivity contribution in [3.05, 3.63) is 98.0 Å².